The number of anilines is 1. The predicted octanol–water partition coefficient (Wildman–Crippen LogP) is 2.84. The van der Waals surface area contributed by atoms with Gasteiger partial charge in [0.1, 0.15) is 12.4 Å². The summed E-state index contributed by atoms with van der Waals surface area (Å²) in [6.45, 7) is -0.0524. The van der Waals surface area contributed by atoms with Crippen molar-refractivity contribution in [2.75, 3.05) is 25.6 Å². The van der Waals surface area contributed by atoms with E-state index in [9.17, 15) is 4.39 Å². The van der Waals surface area contributed by atoms with Gasteiger partial charge in [-0.2, -0.15) is 0 Å². The highest BCUT2D eigenvalue weighted by Gasteiger charge is 2.00. The van der Waals surface area contributed by atoms with E-state index in [-0.39, 0.29) is 6.67 Å². The summed E-state index contributed by atoms with van der Waals surface area (Å²) in [6.07, 6.45) is 0. The van der Waals surface area contributed by atoms with Gasteiger partial charge in [-0.25, -0.2) is 4.39 Å². The van der Waals surface area contributed by atoms with Crippen molar-refractivity contribution in [1.82, 2.24) is 0 Å². The number of hydrogen-bond donors (Lipinski definition) is 1. The molecule has 13 heavy (non-hydrogen) atoms. The van der Waals surface area contributed by atoms with Crippen molar-refractivity contribution in [3.05, 3.63) is 22.7 Å². The molecule has 0 saturated carbocycles. The lowest BCUT2D eigenvalue weighted by molar-refractivity contribution is 0.412. The molecule has 0 amide bonds. The molecule has 0 fully saturated rings. The maximum Gasteiger partial charge on any atom is 0.135 e. The molecule has 1 N–H and O–H groups in total. The predicted molar refractivity (Wildman–Crippen MR) is 55.2 cm³/mol. The lowest BCUT2D eigenvalue weighted by Crippen LogP contribution is -2.02. The SMILES string of the molecule is COc1cc(NCCF)ccc1Br. The number of nitrogens with one attached hydrogen (secondary N) is 1. The highest BCUT2D eigenvalue weighted by molar-refractivity contribution is 9.10. The number of benzene rings is 1. The van der Waals surface area contributed by atoms with E-state index < -0.39 is 0 Å². The maximum absolute atomic E-state index is 11.8. The first kappa shape index (κ1) is 10.3. The van der Waals surface area contributed by atoms with Crippen molar-refractivity contribution < 1.29 is 9.13 Å². The van der Waals surface area contributed by atoms with Gasteiger partial charge in [0.15, 0.2) is 0 Å². The normalized spacial score (nSPS) is 9.77. The van der Waals surface area contributed by atoms with Crippen molar-refractivity contribution in [1.29, 1.82) is 0 Å². The van der Waals surface area contributed by atoms with Gasteiger partial charge in [0.25, 0.3) is 0 Å². The minimum Gasteiger partial charge on any atom is -0.495 e. The van der Waals surface area contributed by atoms with Crippen molar-refractivity contribution >= 4 is 21.6 Å². The zero-order valence-corrected chi connectivity index (χ0v) is 8.90. The van der Waals surface area contributed by atoms with Crippen LogP contribution in [0.25, 0.3) is 0 Å². The first-order chi connectivity index (χ1) is 6.27. The molecule has 0 bridgehead atoms. The first-order valence-electron chi connectivity index (χ1n) is 3.91. The smallest absolute Gasteiger partial charge is 0.135 e. The van der Waals surface area contributed by atoms with Crippen LogP contribution in [0.2, 0.25) is 0 Å². The van der Waals surface area contributed by atoms with Crippen LogP contribution in [-0.2, 0) is 0 Å². The average molecular weight is 248 g/mol. The van der Waals surface area contributed by atoms with Gasteiger partial charge in [0.2, 0.25) is 0 Å². The number of halogens is 2. The quantitative estimate of drug-likeness (QED) is 0.884. The number of hydrogen-bond acceptors (Lipinski definition) is 2. The number of rotatable bonds is 4. The van der Waals surface area contributed by atoms with Crippen molar-refractivity contribution in [2.24, 2.45) is 0 Å². The van der Waals surface area contributed by atoms with E-state index in [1.54, 1.807) is 7.11 Å². The van der Waals surface area contributed by atoms with Gasteiger partial charge in [0, 0.05) is 18.3 Å². The highest BCUT2D eigenvalue weighted by Crippen LogP contribution is 2.27. The van der Waals surface area contributed by atoms with E-state index >= 15 is 0 Å². The summed E-state index contributed by atoms with van der Waals surface area (Å²) in [5.41, 5.74) is 0.859. The third-order valence-electron chi connectivity index (χ3n) is 1.57. The minimum absolute atomic E-state index is 0.324. The summed E-state index contributed by atoms with van der Waals surface area (Å²) in [6, 6.07) is 5.54. The standard InChI is InChI=1S/C9H11BrFNO/c1-13-9-6-7(12-5-4-11)2-3-8(9)10/h2-3,6,12H,4-5H2,1H3. The van der Waals surface area contributed by atoms with Crippen LogP contribution < -0.4 is 10.1 Å². The van der Waals surface area contributed by atoms with E-state index in [4.69, 9.17) is 4.74 Å². The Morgan fingerprint density at radius 3 is 2.92 bits per heavy atom. The molecule has 4 heteroatoms. The van der Waals surface area contributed by atoms with E-state index in [1.165, 1.54) is 0 Å². The lowest BCUT2D eigenvalue weighted by Gasteiger charge is -2.07. The molecule has 0 saturated heterocycles. The second kappa shape index (κ2) is 5.07. The first-order valence-corrected chi connectivity index (χ1v) is 4.70. The second-order valence-corrected chi connectivity index (χ2v) is 3.32. The van der Waals surface area contributed by atoms with Crippen LogP contribution in [0.1, 0.15) is 0 Å². The molecule has 0 unspecified atom stereocenters. The summed E-state index contributed by atoms with van der Waals surface area (Å²) >= 11 is 3.33. The van der Waals surface area contributed by atoms with Crippen molar-refractivity contribution in [3.63, 3.8) is 0 Å². The van der Waals surface area contributed by atoms with Crippen LogP contribution in [0.15, 0.2) is 22.7 Å². The molecule has 1 rings (SSSR count). The molecular formula is C9H11BrFNO. The molecule has 0 aliphatic carbocycles. The lowest BCUT2D eigenvalue weighted by atomic mass is 10.3. The third-order valence-corrected chi connectivity index (χ3v) is 2.23. The number of alkyl halides is 1. The summed E-state index contributed by atoms with van der Waals surface area (Å²) in [4.78, 5) is 0. The Balaban J connectivity index is 2.74. The Labute approximate surface area is 85.2 Å². The van der Waals surface area contributed by atoms with Crippen LogP contribution >= 0.6 is 15.9 Å². The van der Waals surface area contributed by atoms with Crippen LogP contribution in [-0.4, -0.2) is 20.3 Å². The molecule has 72 valence electrons. The van der Waals surface area contributed by atoms with Crippen LogP contribution in [0.3, 0.4) is 0 Å². The Morgan fingerprint density at radius 1 is 1.54 bits per heavy atom. The monoisotopic (exact) mass is 247 g/mol. The number of methoxy groups -OCH3 is 1. The molecule has 0 spiro atoms. The zero-order chi connectivity index (χ0) is 9.68. The van der Waals surface area contributed by atoms with E-state index in [1.807, 2.05) is 18.2 Å². The van der Waals surface area contributed by atoms with E-state index in [0.29, 0.717) is 6.54 Å². The molecule has 0 heterocycles. The fourth-order valence-electron chi connectivity index (χ4n) is 0.961. The summed E-state index contributed by atoms with van der Waals surface area (Å²) in [5, 5.41) is 2.92. The Bertz CT molecular complexity index is 280. The van der Waals surface area contributed by atoms with Gasteiger partial charge in [-0.15, -0.1) is 0 Å². The van der Waals surface area contributed by atoms with Crippen molar-refractivity contribution in [3.8, 4) is 5.75 Å². The van der Waals surface area contributed by atoms with Crippen LogP contribution in [0.5, 0.6) is 5.75 Å². The topological polar surface area (TPSA) is 21.3 Å². The molecule has 0 aliphatic rings. The molecule has 0 aliphatic heterocycles. The van der Waals surface area contributed by atoms with Gasteiger partial charge >= 0.3 is 0 Å². The Kier molecular flexibility index (Phi) is 4.02. The van der Waals surface area contributed by atoms with Crippen LogP contribution in [0, 0.1) is 0 Å². The van der Waals surface area contributed by atoms with Crippen LogP contribution in [0.4, 0.5) is 10.1 Å². The molecule has 0 atom stereocenters. The summed E-state index contributed by atoms with van der Waals surface area (Å²) in [7, 11) is 1.60. The van der Waals surface area contributed by atoms with Crippen molar-refractivity contribution in [2.45, 2.75) is 0 Å². The van der Waals surface area contributed by atoms with Gasteiger partial charge in [-0.1, -0.05) is 0 Å². The van der Waals surface area contributed by atoms with Gasteiger partial charge in [-0.05, 0) is 28.1 Å². The fourth-order valence-corrected chi connectivity index (χ4v) is 1.37. The van der Waals surface area contributed by atoms with E-state index in [0.717, 1.165) is 15.9 Å². The maximum atomic E-state index is 11.8. The molecular weight excluding hydrogens is 237 g/mol. The van der Waals surface area contributed by atoms with Gasteiger partial charge in [-0.3, -0.25) is 0 Å². The molecule has 0 radical (unpaired) electrons. The second-order valence-electron chi connectivity index (χ2n) is 2.47. The zero-order valence-electron chi connectivity index (χ0n) is 7.31. The Morgan fingerprint density at radius 2 is 2.31 bits per heavy atom. The number of ether oxygens (including phenoxy) is 1. The fraction of sp³-hybridized carbons (Fsp3) is 0.333. The highest BCUT2D eigenvalue weighted by atomic mass is 79.9. The summed E-state index contributed by atoms with van der Waals surface area (Å²) < 4.78 is 17.8. The van der Waals surface area contributed by atoms with Gasteiger partial charge < -0.3 is 10.1 Å². The molecule has 1 aromatic carbocycles. The minimum atomic E-state index is -0.377. The largest absolute Gasteiger partial charge is 0.495 e. The average Bonchev–Trinajstić information content (AvgIpc) is 2.16. The Hall–Kier alpha value is -0.770. The molecule has 2 nitrogen and oxygen atoms in total. The summed E-state index contributed by atoms with van der Waals surface area (Å²) in [5.74, 6) is 0.740. The van der Waals surface area contributed by atoms with Gasteiger partial charge in [0.05, 0.1) is 11.6 Å². The molecule has 0 aromatic heterocycles. The third kappa shape index (κ3) is 2.88. The van der Waals surface area contributed by atoms with E-state index in [2.05, 4.69) is 21.2 Å². The molecule has 1 aromatic rings.